The molecule has 1 aliphatic rings. The lowest BCUT2D eigenvalue weighted by molar-refractivity contribution is 0.241. The molecule has 0 amide bonds. The Morgan fingerprint density at radius 1 is 1.41 bits per heavy atom. The van der Waals surface area contributed by atoms with Crippen molar-refractivity contribution in [2.45, 2.75) is 39.3 Å². The first kappa shape index (κ1) is 15.4. The molecule has 0 saturated carbocycles. The lowest BCUT2D eigenvalue weighted by Gasteiger charge is -2.27. The van der Waals surface area contributed by atoms with Gasteiger partial charge >= 0.3 is 0 Å². The Balaban J connectivity index is 1.79. The number of rotatable bonds is 3. The van der Waals surface area contributed by atoms with Crippen LogP contribution in [-0.4, -0.2) is 26.4 Å². The number of nitrogens with zero attached hydrogens (tertiary/aromatic N) is 3. The molecule has 1 N–H and O–H groups in total. The van der Waals surface area contributed by atoms with Crippen LogP contribution in [0.1, 0.15) is 42.4 Å². The standard InChI is InChI=1S/C16H19BrN4O/c1-10(2)15-19-13-5-6-21(9-12(13)16(22)20-15)8-11-3-4-14(17)18-7-11/h3-4,7,10H,5-6,8-9H2,1-2H3,(H,19,20,22). The number of hydrogen-bond donors (Lipinski definition) is 1. The summed E-state index contributed by atoms with van der Waals surface area (Å²) < 4.78 is 0.835. The molecular weight excluding hydrogens is 344 g/mol. The van der Waals surface area contributed by atoms with Gasteiger partial charge in [0.25, 0.3) is 5.56 Å². The summed E-state index contributed by atoms with van der Waals surface area (Å²) in [6.45, 7) is 6.44. The molecule has 0 fully saturated rings. The maximum absolute atomic E-state index is 12.3. The summed E-state index contributed by atoms with van der Waals surface area (Å²) in [4.78, 5) is 26.3. The average Bonchev–Trinajstić information content (AvgIpc) is 2.50. The van der Waals surface area contributed by atoms with Crippen LogP contribution >= 0.6 is 15.9 Å². The third-order valence-electron chi connectivity index (χ3n) is 3.91. The van der Waals surface area contributed by atoms with E-state index in [1.165, 1.54) is 0 Å². The van der Waals surface area contributed by atoms with Crippen LogP contribution in [0.3, 0.4) is 0 Å². The number of aromatic amines is 1. The van der Waals surface area contributed by atoms with E-state index in [0.29, 0.717) is 6.54 Å². The molecule has 0 radical (unpaired) electrons. The zero-order chi connectivity index (χ0) is 15.7. The summed E-state index contributed by atoms with van der Waals surface area (Å²) in [5.74, 6) is 1.03. The summed E-state index contributed by atoms with van der Waals surface area (Å²) >= 11 is 3.34. The van der Waals surface area contributed by atoms with Crippen LogP contribution in [0.2, 0.25) is 0 Å². The highest BCUT2D eigenvalue weighted by Gasteiger charge is 2.21. The zero-order valence-electron chi connectivity index (χ0n) is 12.8. The van der Waals surface area contributed by atoms with E-state index in [2.05, 4.69) is 41.8 Å². The molecule has 2 aromatic heterocycles. The van der Waals surface area contributed by atoms with Crippen molar-refractivity contribution in [3.63, 3.8) is 0 Å². The van der Waals surface area contributed by atoms with Gasteiger partial charge in [0.2, 0.25) is 0 Å². The smallest absolute Gasteiger partial charge is 0.255 e. The minimum Gasteiger partial charge on any atom is -0.310 e. The molecule has 3 rings (SSSR count). The van der Waals surface area contributed by atoms with E-state index < -0.39 is 0 Å². The number of nitrogens with one attached hydrogen (secondary N) is 1. The molecule has 1 aliphatic heterocycles. The fourth-order valence-electron chi connectivity index (χ4n) is 2.67. The number of halogens is 1. The average molecular weight is 363 g/mol. The Hall–Kier alpha value is -1.53. The summed E-state index contributed by atoms with van der Waals surface area (Å²) in [6.07, 6.45) is 2.69. The van der Waals surface area contributed by atoms with E-state index in [1.54, 1.807) is 0 Å². The van der Waals surface area contributed by atoms with Crippen molar-refractivity contribution in [3.8, 4) is 0 Å². The molecule has 0 aromatic carbocycles. The number of aromatic nitrogens is 3. The fraction of sp³-hybridized carbons (Fsp3) is 0.438. The van der Waals surface area contributed by atoms with Crippen LogP contribution < -0.4 is 5.56 Å². The molecular formula is C16H19BrN4O. The van der Waals surface area contributed by atoms with Gasteiger partial charge in [-0.2, -0.15) is 0 Å². The van der Waals surface area contributed by atoms with Gasteiger partial charge in [0.15, 0.2) is 0 Å². The van der Waals surface area contributed by atoms with Gasteiger partial charge in [0, 0.05) is 38.2 Å². The summed E-state index contributed by atoms with van der Waals surface area (Å²) in [6, 6.07) is 3.99. The third-order valence-corrected chi connectivity index (χ3v) is 4.38. The first-order valence-corrected chi connectivity index (χ1v) is 8.27. The zero-order valence-corrected chi connectivity index (χ0v) is 14.4. The van der Waals surface area contributed by atoms with Crippen molar-refractivity contribution in [3.05, 3.63) is 55.9 Å². The second kappa shape index (κ2) is 6.30. The molecule has 2 aromatic rings. The first-order chi connectivity index (χ1) is 10.5. The van der Waals surface area contributed by atoms with Gasteiger partial charge < -0.3 is 4.98 Å². The maximum Gasteiger partial charge on any atom is 0.255 e. The predicted molar refractivity (Wildman–Crippen MR) is 88.7 cm³/mol. The summed E-state index contributed by atoms with van der Waals surface area (Å²) in [5, 5.41) is 0. The molecule has 0 aliphatic carbocycles. The molecule has 0 unspecified atom stereocenters. The highest BCUT2D eigenvalue weighted by Crippen LogP contribution is 2.18. The van der Waals surface area contributed by atoms with Gasteiger partial charge in [-0.25, -0.2) is 9.97 Å². The third kappa shape index (κ3) is 3.28. The molecule has 116 valence electrons. The van der Waals surface area contributed by atoms with Gasteiger partial charge in [0.05, 0.1) is 11.3 Å². The predicted octanol–water partition coefficient (Wildman–Crippen LogP) is 2.61. The van der Waals surface area contributed by atoms with Gasteiger partial charge in [-0.05, 0) is 27.6 Å². The van der Waals surface area contributed by atoms with Crippen LogP contribution in [-0.2, 0) is 19.5 Å². The Bertz CT molecular complexity index is 724. The van der Waals surface area contributed by atoms with Crippen molar-refractivity contribution in [1.29, 1.82) is 0 Å². The Morgan fingerprint density at radius 2 is 2.23 bits per heavy atom. The lowest BCUT2D eigenvalue weighted by Crippen LogP contribution is -2.36. The van der Waals surface area contributed by atoms with E-state index >= 15 is 0 Å². The monoisotopic (exact) mass is 362 g/mol. The molecule has 5 nitrogen and oxygen atoms in total. The van der Waals surface area contributed by atoms with Gasteiger partial charge in [-0.3, -0.25) is 9.69 Å². The molecule has 22 heavy (non-hydrogen) atoms. The van der Waals surface area contributed by atoms with Crippen LogP contribution in [0, 0.1) is 0 Å². The van der Waals surface area contributed by atoms with Crippen molar-refractivity contribution in [1.82, 2.24) is 19.9 Å². The minimum atomic E-state index is 0.00679. The van der Waals surface area contributed by atoms with E-state index in [4.69, 9.17) is 0 Å². The van der Waals surface area contributed by atoms with Crippen LogP contribution in [0.4, 0.5) is 0 Å². The van der Waals surface area contributed by atoms with Crippen molar-refractivity contribution >= 4 is 15.9 Å². The Kier molecular flexibility index (Phi) is 4.40. The van der Waals surface area contributed by atoms with E-state index in [1.807, 2.05) is 26.1 Å². The topological polar surface area (TPSA) is 61.9 Å². The van der Waals surface area contributed by atoms with E-state index in [0.717, 1.165) is 46.8 Å². The van der Waals surface area contributed by atoms with Crippen LogP contribution in [0.5, 0.6) is 0 Å². The highest BCUT2D eigenvalue weighted by atomic mass is 79.9. The number of hydrogen-bond acceptors (Lipinski definition) is 4. The Labute approximate surface area is 137 Å². The second-order valence-electron chi connectivity index (χ2n) is 5.98. The molecule has 0 spiro atoms. The van der Waals surface area contributed by atoms with Gasteiger partial charge in [-0.15, -0.1) is 0 Å². The van der Waals surface area contributed by atoms with E-state index in [-0.39, 0.29) is 11.5 Å². The Morgan fingerprint density at radius 3 is 2.91 bits per heavy atom. The molecule has 3 heterocycles. The lowest BCUT2D eigenvalue weighted by atomic mass is 10.1. The van der Waals surface area contributed by atoms with Crippen molar-refractivity contribution in [2.75, 3.05) is 6.54 Å². The largest absolute Gasteiger partial charge is 0.310 e. The SMILES string of the molecule is CC(C)c1nc2c(c(=O)[nH]1)CN(Cc1ccc(Br)nc1)CC2. The molecule has 6 heteroatoms. The van der Waals surface area contributed by atoms with Crippen molar-refractivity contribution < 1.29 is 0 Å². The molecule has 0 atom stereocenters. The normalized spacial score (nSPS) is 15.1. The minimum absolute atomic E-state index is 0.00679. The number of fused-ring (bicyclic) bond motifs is 1. The molecule has 0 bridgehead atoms. The highest BCUT2D eigenvalue weighted by molar-refractivity contribution is 9.10. The van der Waals surface area contributed by atoms with E-state index in [9.17, 15) is 4.79 Å². The number of pyridine rings is 1. The van der Waals surface area contributed by atoms with Gasteiger partial charge in [0.1, 0.15) is 10.4 Å². The van der Waals surface area contributed by atoms with Crippen LogP contribution in [0.15, 0.2) is 27.7 Å². The van der Waals surface area contributed by atoms with Crippen LogP contribution in [0.25, 0.3) is 0 Å². The first-order valence-electron chi connectivity index (χ1n) is 7.47. The second-order valence-corrected chi connectivity index (χ2v) is 6.79. The quantitative estimate of drug-likeness (QED) is 0.852. The maximum atomic E-state index is 12.3. The van der Waals surface area contributed by atoms with Gasteiger partial charge in [-0.1, -0.05) is 19.9 Å². The fourth-order valence-corrected chi connectivity index (χ4v) is 2.90. The molecule has 0 saturated heterocycles. The summed E-state index contributed by atoms with van der Waals surface area (Å²) in [5.41, 5.74) is 2.92. The van der Waals surface area contributed by atoms with Crippen molar-refractivity contribution in [2.24, 2.45) is 0 Å². The number of H-pyrrole nitrogens is 1. The summed E-state index contributed by atoms with van der Waals surface area (Å²) in [7, 11) is 0.